The number of rotatable bonds is 8. The summed E-state index contributed by atoms with van der Waals surface area (Å²) < 4.78 is 0. The van der Waals surface area contributed by atoms with Crippen molar-refractivity contribution in [3.8, 4) is 0 Å². The molecule has 0 heterocycles. The fraction of sp³-hybridized carbons (Fsp3) is 1.00. The molecule has 2 aliphatic carbocycles. The molecule has 0 spiro atoms. The van der Waals surface area contributed by atoms with Crippen molar-refractivity contribution in [3.05, 3.63) is 0 Å². The Hall–Kier alpha value is -0.0800. The highest BCUT2D eigenvalue weighted by Gasteiger charge is 2.38. The zero-order valence-electron chi connectivity index (χ0n) is 14.2. The van der Waals surface area contributed by atoms with Crippen LogP contribution in [0.25, 0.3) is 0 Å². The van der Waals surface area contributed by atoms with Crippen LogP contribution >= 0.6 is 0 Å². The molecule has 0 aromatic rings. The van der Waals surface area contributed by atoms with Gasteiger partial charge in [-0.3, -0.25) is 4.90 Å². The van der Waals surface area contributed by atoms with Gasteiger partial charge < -0.3 is 5.32 Å². The Bertz CT molecular complexity index is 275. The summed E-state index contributed by atoms with van der Waals surface area (Å²) in [5.41, 5.74) is 0. The van der Waals surface area contributed by atoms with Gasteiger partial charge in [-0.1, -0.05) is 26.7 Å². The Labute approximate surface area is 126 Å². The Kier molecular flexibility index (Phi) is 6.35. The molecule has 2 saturated carbocycles. The number of hydrogen-bond acceptors (Lipinski definition) is 2. The van der Waals surface area contributed by atoms with Crippen LogP contribution in [0.2, 0.25) is 0 Å². The topological polar surface area (TPSA) is 15.3 Å². The molecule has 0 aliphatic heterocycles. The normalized spacial score (nSPS) is 32.5. The lowest BCUT2D eigenvalue weighted by Gasteiger charge is -2.44. The van der Waals surface area contributed by atoms with Crippen LogP contribution in [0.15, 0.2) is 0 Å². The van der Waals surface area contributed by atoms with Crippen LogP contribution in [-0.2, 0) is 0 Å². The summed E-state index contributed by atoms with van der Waals surface area (Å²) in [6.45, 7) is 8.26. The first-order valence-electron chi connectivity index (χ1n) is 9.12. The Morgan fingerprint density at radius 1 is 1.10 bits per heavy atom. The first-order chi connectivity index (χ1) is 9.67. The van der Waals surface area contributed by atoms with Crippen LogP contribution in [0, 0.1) is 11.8 Å². The van der Waals surface area contributed by atoms with E-state index < -0.39 is 0 Å². The lowest BCUT2D eigenvalue weighted by Crippen LogP contribution is -2.54. The maximum atomic E-state index is 3.84. The predicted octanol–water partition coefficient (Wildman–Crippen LogP) is 4.05. The summed E-state index contributed by atoms with van der Waals surface area (Å²) in [7, 11) is 2.39. The third-order valence-electron chi connectivity index (χ3n) is 5.75. The molecule has 2 heteroatoms. The van der Waals surface area contributed by atoms with Gasteiger partial charge in [0.25, 0.3) is 0 Å². The monoisotopic (exact) mass is 280 g/mol. The SMILES string of the molecule is CCCNC1CCC(CCC)CC1N(C)C(C)C1CC1. The largest absolute Gasteiger partial charge is 0.312 e. The average Bonchev–Trinajstić information content (AvgIpc) is 3.29. The van der Waals surface area contributed by atoms with Crippen LogP contribution in [0.4, 0.5) is 0 Å². The third kappa shape index (κ3) is 4.21. The molecule has 20 heavy (non-hydrogen) atoms. The number of nitrogens with one attached hydrogen (secondary N) is 1. The lowest BCUT2D eigenvalue weighted by molar-refractivity contribution is 0.0790. The van der Waals surface area contributed by atoms with E-state index in [1.807, 2.05) is 0 Å². The first kappa shape index (κ1) is 16.3. The van der Waals surface area contributed by atoms with Gasteiger partial charge in [-0.25, -0.2) is 0 Å². The Morgan fingerprint density at radius 2 is 1.85 bits per heavy atom. The molecule has 0 saturated heterocycles. The smallest absolute Gasteiger partial charge is 0.0251 e. The Balaban J connectivity index is 1.95. The highest BCUT2D eigenvalue weighted by atomic mass is 15.2. The van der Waals surface area contributed by atoms with E-state index in [2.05, 4.69) is 38.0 Å². The van der Waals surface area contributed by atoms with E-state index in [9.17, 15) is 0 Å². The van der Waals surface area contributed by atoms with Crippen LogP contribution in [0.3, 0.4) is 0 Å². The standard InChI is InChI=1S/C18H36N2/c1-5-7-15-8-11-17(19-12-6-2)18(13-15)20(4)14(3)16-9-10-16/h14-19H,5-13H2,1-4H3. The summed E-state index contributed by atoms with van der Waals surface area (Å²) >= 11 is 0. The van der Waals surface area contributed by atoms with Gasteiger partial charge in [0.05, 0.1) is 0 Å². The maximum absolute atomic E-state index is 3.84. The average molecular weight is 281 g/mol. The second kappa shape index (κ2) is 7.79. The van der Waals surface area contributed by atoms with Crippen molar-refractivity contribution in [1.82, 2.24) is 10.2 Å². The van der Waals surface area contributed by atoms with Gasteiger partial charge in [-0.05, 0) is 70.9 Å². The minimum Gasteiger partial charge on any atom is -0.312 e. The van der Waals surface area contributed by atoms with E-state index in [1.54, 1.807) is 0 Å². The molecule has 4 atom stereocenters. The van der Waals surface area contributed by atoms with E-state index in [0.717, 1.165) is 30.0 Å². The molecule has 118 valence electrons. The number of hydrogen-bond donors (Lipinski definition) is 1. The van der Waals surface area contributed by atoms with E-state index >= 15 is 0 Å². The molecule has 2 rings (SSSR count). The van der Waals surface area contributed by atoms with Gasteiger partial charge in [0.2, 0.25) is 0 Å². The summed E-state index contributed by atoms with van der Waals surface area (Å²) in [6.07, 6.45) is 11.2. The fourth-order valence-electron chi connectivity index (χ4n) is 4.13. The molecule has 0 aromatic carbocycles. The van der Waals surface area contributed by atoms with Crippen molar-refractivity contribution in [3.63, 3.8) is 0 Å². The summed E-state index contributed by atoms with van der Waals surface area (Å²) in [5.74, 6) is 1.96. The van der Waals surface area contributed by atoms with Crippen molar-refractivity contribution in [2.45, 2.75) is 90.3 Å². The predicted molar refractivity (Wildman–Crippen MR) is 88.1 cm³/mol. The van der Waals surface area contributed by atoms with E-state index in [-0.39, 0.29) is 0 Å². The summed E-state index contributed by atoms with van der Waals surface area (Å²) in [6, 6.07) is 2.28. The molecule has 1 N–H and O–H groups in total. The van der Waals surface area contributed by atoms with Crippen molar-refractivity contribution in [1.29, 1.82) is 0 Å². The maximum Gasteiger partial charge on any atom is 0.0251 e. The first-order valence-corrected chi connectivity index (χ1v) is 9.12. The molecule has 0 amide bonds. The van der Waals surface area contributed by atoms with Crippen LogP contribution < -0.4 is 5.32 Å². The zero-order valence-corrected chi connectivity index (χ0v) is 14.2. The Morgan fingerprint density at radius 3 is 2.45 bits per heavy atom. The molecule has 2 fully saturated rings. The number of likely N-dealkylation sites (N-methyl/N-ethyl adjacent to an activating group) is 1. The van der Waals surface area contributed by atoms with Crippen LogP contribution in [0.5, 0.6) is 0 Å². The highest BCUT2D eigenvalue weighted by molar-refractivity contribution is 4.94. The zero-order chi connectivity index (χ0) is 14.5. The van der Waals surface area contributed by atoms with Gasteiger partial charge in [0.1, 0.15) is 0 Å². The van der Waals surface area contributed by atoms with Gasteiger partial charge in [0, 0.05) is 18.1 Å². The van der Waals surface area contributed by atoms with E-state index in [4.69, 9.17) is 0 Å². The quantitative estimate of drug-likeness (QED) is 0.721. The highest BCUT2D eigenvalue weighted by Crippen LogP contribution is 2.38. The van der Waals surface area contributed by atoms with Gasteiger partial charge in [-0.2, -0.15) is 0 Å². The molecule has 0 bridgehead atoms. The van der Waals surface area contributed by atoms with Crippen LogP contribution in [0.1, 0.15) is 72.1 Å². The minimum atomic E-state index is 0.731. The van der Waals surface area contributed by atoms with Gasteiger partial charge in [0.15, 0.2) is 0 Å². The van der Waals surface area contributed by atoms with Gasteiger partial charge in [-0.15, -0.1) is 0 Å². The fourth-order valence-corrected chi connectivity index (χ4v) is 4.13. The summed E-state index contributed by atoms with van der Waals surface area (Å²) in [5, 5.41) is 3.84. The van der Waals surface area contributed by atoms with Crippen molar-refractivity contribution in [2.75, 3.05) is 13.6 Å². The molecular weight excluding hydrogens is 244 g/mol. The molecule has 0 aromatic heterocycles. The molecule has 0 radical (unpaired) electrons. The van der Waals surface area contributed by atoms with E-state index in [1.165, 1.54) is 57.9 Å². The molecule has 2 nitrogen and oxygen atoms in total. The lowest BCUT2D eigenvalue weighted by atomic mass is 9.79. The molecule has 2 aliphatic rings. The molecule has 4 unspecified atom stereocenters. The van der Waals surface area contributed by atoms with Crippen molar-refractivity contribution >= 4 is 0 Å². The van der Waals surface area contributed by atoms with E-state index in [0.29, 0.717) is 0 Å². The van der Waals surface area contributed by atoms with Crippen LogP contribution in [-0.4, -0.2) is 36.6 Å². The number of nitrogens with zero attached hydrogens (tertiary/aromatic N) is 1. The summed E-state index contributed by atoms with van der Waals surface area (Å²) in [4.78, 5) is 2.73. The second-order valence-corrected chi connectivity index (χ2v) is 7.34. The van der Waals surface area contributed by atoms with Crippen molar-refractivity contribution < 1.29 is 0 Å². The second-order valence-electron chi connectivity index (χ2n) is 7.34. The minimum absolute atomic E-state index is 0.731. The third-order valence-corrected chi connectivity index (χ3v) is 5.75. The molecular formula is C18H36N2. The van der Waals surface area contributed by atoms with Gasteiger partial charge >= 0.3 is 0 Å². The van der Waals surface area contributed by atoms with Crippen molar-refractivity contribution in [2.24, 2.45) is 11.8 Å².